The summed E-state index contributed by atoms with van der Waals surface area (Å²) >= 11 is 0. The highest BCUT2D eigenvalue weighted by Crippen LogP contribution is 2.37. The molecule has 1 fully saturated rings. The Morgan fingerprint density at radius 3 is 2.07 bits per heavy atom. The highest BCUT2D eigenvalue weighted by Gasteiger charge is 2.22. The van der Waals surface area contributed by atoms with Crippen molar-refractivity contribution in [3.63, 3.8) is 0 Å². The van der Waals surface area contributed by atoms with Gasteiger partial charge in [-0.3, -0.25) is 4.79 Å². The van der Waals surface area contributed by atoms with Crippen LogP contribution in [0.2, 0.25) is 0 Å². The number of benzene rings is 2. The number of carbonyl (C=O) groups excluding carboxylic acids is 1. The maximum Gasteiger partial charge on any atom is 0.167 e. The summed E-state index contributed by atoms with van der Waals surface area (Å²) in [5, 5.41) is 0. The van der Waals surface area contributed by atoms with Crippen LogP contribution in [0.15, 0.2) is 48.5 Å². The Bertz CT molecular complexity index is 733. The summed E-state index contributed by atoms with van der Waals surface area (Å²) in [7, 11) is 0. The van der Waals surface area contributed by atoms with Gasteiger partial charge in [-0.25, -0.2) is 0 Å². The van der Waals surface area contributed by atoms with E-state index >= 15 is 0 Å². The first-order valence-electron chi connectivity index (χ1n) is 11.9. The molecule has 2 aromatic rings. The molecule has 29 heavy (non-hydrogen) atoms. The molecule has 0 N–H and O–H groups in total. The minimum atomic E-state index is 0.222. The van der Waals surface area contributed by atoms with Gasteiger partial charge >= 0.3 is 0 Å². The second-order valence-corrected chi connectivity index (χ2v) is 9.00. The van der Waals surface area contributed by atoms with Crippen molar-refractivity contribution >= 4 is 5.78 Å². The van der Waals surface area contributed by atoms with Gasteiger partial charge in [0.1, 0.15) is 0 Å². The Balaban J connectivity index is 1.50. The van der Waals surface area contributed by atoms with E-state index in [-0.39, 0.29) is 5.78 Å². The molecule has 0 radical (unpaired) electrons. The number of carbonyl (C=O) groups is 1. The lowest BCUT2D eigenvalue weighted by Gasteiger charge is -2.29. The summed E-state index contributed by atoms with van der Waals surface area (Å²) in [4.78, 5) is 12.7. The predicted molar refractivity (Wildman–Crippen MR) is 124 cm³/mol. The Kier molecular flexibility index (Phi) is 8.52. The zero-order valence-corrected chi connectivity index (χ0v) is 18.5. The largest absolute Gasteiger partial charge is 0.294 e. The van der Waals surface area contributed by atoms with Gasteiger partial charge in [0, 0.05) is 12.0 Å². The number of ketones is 1. The molecule has 1 aliphatic carbocycles. The summed E-state index contributed by atoms with van der Waals surface area (Å²) in [5.74, 6) is 1.86. The lowest BCUT2D eigenvalue weighted by atomic mass is 9.77. The van der Waals surface area contributed by atoms with Crippen molar-refractivity contribution < 1.29 is 4.79 Å². The van der Waals surface area contributed by atoms with Gasteiger partial charge in [0.2, 0.25) is 0 Å². The van der Waals surface area contributed by atoms with Gasteiger partial charge in [-0.1, -0.05) is 94.5 Å². The van der Waals surface area contributed by atoms with Crippen LogP contribution in [-0.2, 0) is 12.8 Å². The maximum absolute atomic E-state index is 12.7. The predicted octanol–water partition coefficient (Wildman–Crippen LogP) is 7.92. The second kappa shape index (κ2) is 11.3. The lowest BCUT2D eigenvalue weighted by Crippen LogP contribution is -2.13. The SMILES string of the molecule is CCCCCC1CCC(c2ccc(C(=O)Cc3ccc(CCC)cc3)cc2)CC1. The van der Waals surface area contributed by atoms with Crippen molar-refractivity contribution in [2.45, 2.75) is 90.4 Å². The Morgan fingerprint density at radius 2 is 1.45 bits per heavy atom. The zero-order chi connectivity index (χ0) is 20.5. The van der Waals surface area contributed by atoms with Crippen LogP contribution in [0.5, 0.6) is 0 Å². The van der Waals surface area contributed by atoms with Crippen LogP contribution in [0.3, 0.4) is 0 Å². The van der Waals surface area contributed by atoms with Crippen molar-refractivity contribution in [3.8, 4) is 0 Å². The standard InChI is InChI=1S/C28H38O/c1-3-5-6-8-23-13-15-25(16-14-23)26-17-19-27(20-18-26)28(29)21-24-11-9-22(7-4-2)10-12-24/h9-12,17-20,23,25H,3-8,13-16,21H2,1-2H3. The Hall–Kier alpha value is -1.89. The van der Waals surface area contributed by atoms with Crippen LogP contribution in [0.4, 0.5) is 0 Å². The zero-order valence-electron chi connectivity index (χ0n) is 18.5. The van der Waals surface area contributed by atoms with Crippen LogP contribution >= 0.6 is 0 Å². The fraction of sp³-hybridized carbons (Fsp3) is 0.536. The normalized spacial score (nSPS) is 19.2. The summed E-state index contributed by atoms with van der Waals surface area (Å²) in [6.45, 7) is 4.48. The van der Waals surface area contributed by atoms with Crippen molar-refractivity contribution in [1.82, 2.24) is 0 Å². The van der Waals surface area contributed by atoms with Gasteiger partial charge in [-0.15, -0.1) is 0 Å². The first-order chi connectivity index (χ1) is 14.2. The number of Topliss-reactive ketones (excluding diaryl/α,β-unsaturated/α-hetero) is 1. The molecule has 0 atom stereocenters. The molecule has 156 valence electrons. The van der Waals surface area contributed by atoms with Crippen LogP contribution in [0.1, 0.15) is 105 Å². The Morgan fingerprint density at radius 1 is 0.793 bits per heavy atom. The monoisotopic (exact) mass is 390 g/mol. The van der Waals surface area contributed by atoms with E-state index in [2.05, 4.69) is 62.4 Å². The number of hydrogen-bond acceptors (Lipinski definition) is 1. The van der Waals surface area contributed by atoms with Crippen LogP contribution < -0.4 is 0 Å². The topological polar surface area (TPSA) is 17.1 Å². The molecule has 1 saturated carbocycles. The van der Waals surface area contributed by atoms with E-state index in [1.807, 2.05) is 0 Å². The molecule has 2 aromatic carbocycles. The molecule has 0 bridgehead atoms. The van der Waals surface area contributed by atoms with E-state index in [4.69, 9.17) is 0 Å². The number of rotatable bonds is 10. The number of hydrogen-bond donors (Lipinski definition) is 0. The molecular weight excluding hydrogens is 352 g/mol. The van der Waals surface area contributed by atoms with Crippen molar-refractivity contribution in [2.24, 2.45) is 5.92 Å². The van der Waals surface area contributed by atoms with Crippen molar-refractivity contribution in [3.05, 3.63) is 70.8 Å². The molecular formula is C28H38O. The third kappa shape index (κ3) is 6.56. The molecule has 0 aromatic heterocycles. The summed E-state index contributed by atoms with van der Waals surface area (Å²) in [6, 6.07) is 17.1. The third-order valence-corrected chi connectivity index (χ3v) is 6.69. The fourth-order valence-corrected chi connectivity index (χ4v) is 4.81. The minimum Gasteiger partial charge on any atom is -0.294 e. The van der Waals surface area contributed by atoms with Gasteiger partial charge in [-0.05, 0) is 60.6 Å². The van der Waals surface area contributed by atoms with Crippen LogP contribution in [0.25, 0.3) is 0 Å². The van der Waals surface area contributed by atoms with E-state index in [0.717, 1.165) is 29.9 Å². The third-order valence-electron chi connectivity index (χ3n) is 6.69. The fourth-order valence-electron chi connectivity index (χ4n) is 4.81. The smallest absolute Gasteiger partial charge is 0.167 e. The van der Waals surface area contributed by atoms with Gasteiger partial charge in [0.25, 0.3) is 0 Å². The van der Waals surface area contributed by atoms with Crippen molar-refractivity contribution in [1.29, 1.82) is 0 Å². The van der Waals surface area contributed by atoms with Gasteiger partial charge in [0.05, 0.1) is 0 Å². The van der Waals surface area contributed by atoms with Gasteiger partial charge < -0.3 is 0 Å². The molecule has 1 aliphatic rings. The van der Waals surface area contributed by atoms with E-state index in [9.17, 15) is 4.79 Å². The molecule has 0 unspecified atom stereocenters. The maximum atomic E-state index is 12.7. The van der Waals surface area contributed by atoms with E-state index in [1.54, 1.807) is 0 Å². The summed E-state index contributed by atoms with van der Waals surface area (Å²) in [5.41, 5.74) is 4.74. The van der Waals surface area contributed by atoms with E-state index in [0.29, 0.717) is 12.3 Å². The molecule has 0 spiro atoms. The van der Waals surface area contributed by atoms with Crippen LogP contribution in [-0.4, -0.2) is 5.78 Å². The Labute approximate surface area is 177 Å². The quantitative estimate of drug-likeness (QED) is 0.297. The second-order valence-electron chi connectivity index (χ2n) is 9.00. The molecule has 3 rings (SSSR count). The van der Waals surface area contributed by atoms with Gasteiger partial charge in [0.15, 0.2) is 5.78 Å². The van der Waals surface area contributed by atoms with Crippen molar-refractivity contribution in [2.75, 3.05) is 0 Å². The number of unbranched alkanes of at least 4 members (excludes halogenated alkanes) is 2. The molecule has 0 saturated heterocycles. The van der Waals surface area contributed by atoms with E-state index < -0.39 is 0 Å². The van der Waals surface area contributed by atoms with Crippen LogP contribution in [0, 0.1) is 5.92 Å². The highest BCUT2D eigenvalue weighted by atomic mass is 16.1. The lowest BCUT2D eigenvalue weighted by molar-refractivity contribution is 0.0993. The van der Waals surface area contributed by atoms with E-state index in [1.165, 1.54) is 62.5 Å². The minimum absolute atomic E-state index is 0.222. The summed E-state index contributed by atoms with van der Waals surface area (Å²) < 4.78 is 0. The van der Waals surface area contributed by atoms with Gasteiger partial charge in [-0.2, -0.15) is 0 Å². The summed E-state index contributed by atoms with van der Waals surface area (Å²) in [6.07, 6.45) is 13.7. The highest BCUT2D eigenvalue weighted by molar-refractivity contribution is 5.97. The number of aryl methyl sites for hydroxylation is 1. The molecule has 1 heteroatoms. The average molecular weight is 391 g/mol. The molecule has 0 amide bonds. The first-order valence-corrected chi connectivity index (χ1v) is 11.9. The molecule has 0 heterocycles. The molecule has 0 aliphatic heterocycles. The average Bonchev–Trinajstić information content (AvgIpc) is 2.76. The molecule has 1 nitrogen and oxygen atoms in total. The first kappa shape index (κ1) is 21.8.